The molecule has 14 heavy (non-hydrogen) atoms. The van der Waals surface area contributed by atoms with Gasteiger partial charge in [0, 0.05) is 12.5 Å². The Morgan fingerprint density at radius 2 is 2.29 bits per heavy atom. The quantitative estimate of drug-likeness (QED) is 0.576. The predicted molar refractivity (Wildman–Crippen MR) is 59.1 cm³/mol. The van der Waals surface area contributed by atoms with Gasteiger partial charge in [0.2, 0.25) is 0 Å². The minimum absolute atomic E-state index is 0.543. The zero-order valence-electron chi connectivity index (χ0n) is 8.00. The van der Waals surface area contributed by atoms with Gasteiger partial charge in [0.1, 0.15) is 5.52 Å². The lowest BCUT2D eigenvalue weighted by Gasteiger charge is -1.98. The van der Waals surface area contributed by atoms with Crippen LogP contribution in [0.4, 0.5) is 0 Å². The summed E-state index contributed by atoms with van der Waals surface area (Å²) >= 11 is 1.41. The van der Waals surface area contributed by atoms with Crippen LogP contribution < -0.4 is 0 Å². The first-order chi connectivity index (χ1) is 6.70. The third-order valence-corrected chi connectivity index (χ3v) is 2.61. The Hall–Kier alpha value is -1.29. The van der Waals surface area contributed by atoms with E-state index in [1.165, 1.54) is 11.8 Å². The fraction of sp³-hybridized carbons (Fsp3) is 0.200. The highest BCUT2D eigenvalue weighted by Crippen LogP contribution is 2.19. The SMILES string of the molecule is CSC(=N)c1ccc2nc(C)oc2c1. The molecule has 0 saturated carbocycles. The lowest BCUT2D eigenvalue weighted by atomic mass is 10.2. The molecule has 0 saturated heterocycles. The second kappa shape index (κ2) is 3.46. The molecule has 1 aromatic heterocycles. The molecular weight excluding hydrogens is 196 g/mol. The number of hydrogen-bond donors (Lipinski definition) is 1. The normalized spacial score (nSPS) is 10.7. The summed E-state index contributed by atoms with van der Waals surface area (Å²) in [5.41, 5.74) is 2.47. The summed E-state index contributed by atoms with van der Waals surface area (Å²) in [4.78, 5) is 4.20. The van der Waals surface area contributed by atoms with E-state index in [1.807, 2.05) is 31.4 Å². The number of hydrogen-bond acceptors (Lipinski definition) is 4. The molecule has 0 aliphatic carbocycles. The molecule has 0 spiro atoms. The van der Waals surface area contributed by atoms with Crippen LogP contribution in [0.2, 0.25) is 0 Å². The number of fused-ring (bicyclic) bond motifs is 1. The third kappa shape index (κ3) is 1.53. The summed E-state index contributed by atoms with van der Waals surface area (Å²) in [6.07, 6.45) is 1.89. The molecular formula is C10H10N2OS. The second-order valence-corrected chi connectivity index (χ2v) is 3.77. The van der Waals surface area contributed by atoms with Crippen molar-refractivity contribution in [2.75, 3.05) is 6.26 Å². The summed E-state index contributed by atoms with van der Waals surface area (Å²) in [6, 6.07) is 5.63. The standard InChI is InChI=1S/C10H10N2OS/c1-6-12-8-4-3-7(10(11)14-2)5-9(8)13-6/h3-5,11H,1-2H3. The topological polar surface area (TPSA) is 49.9 Å². The largest absolute Gasteiger partial charge is 0.441 e. The Labute approximate surface area is 86.0 Å². The smallest absolute Gasteiger partial charge is 0.192 e. The van der Waals surface area contributed by atoms with Gasteiger partial charge in [0.15, 0.2) is 11.5 Å². The summed E-state index contributed by atoms with van der Waals surface area (Å²) in [7, 11) is 0. The van der Waals surface area contributed by atoms with Crippen LogP contribution in [0.25, 0.3) is 11.1 Å². The van der Waals surface area contributed by atoms with Crippen molar-refractivity contribution in [3.63, 3.8) is 0 Å². The molecule has 2 aromatic rings. The van der Waals surface area contributed by atoms with Crippen molar-refractivity contribution in [1.82, 2.24) is 4.98 Å². The average Bonchev–Trinajstić information content (AvgIpc) is 2.55. The molecule has 1 N–H and O–H groups in total. The Morgan fingerprint density at radius 3 is 3.00 bits per heavy atom. The molecule has 0 amide bonds. The predicted octanol–water partition coefficient (Wildman–Crippen LogP) is 2.82. The maximum absolute atomic E-state index is 7.66. The van der Waals surface area contributed by atoms with E-state index >= 15 is 0 Å². The Balaban J connectivity index is 2.55. The van der Waals surface area contributed by atoms with Gasteiger partial charge in [0.25, 0.3) is 0 Å². The number of oxazole rings is 1. The number of aryl methyl sites for hydroxylation is 1. The number of nitrogens with zero attached hydrogens (tertiary/aromatic N) is 1. The van der Waals surface area contributed by atoms with Crippen molar-refractivity contribution < 1.29 is 4.42 Å². The van der Waals surface area contributed by atoms with Gasteiger partial charge in [-0.15, -0.1) is 11.8 Å². The fourth-order valence-corrected chi connectivity index (χ4v) is 1.66. The van der Waals surface area contributed by atoms with Gasteiger partial charge >= 0.3 is 0 Å². The van der Waals surface area contributed by atoms with Crippen LogP contribution in [0.15, 0.2) is 22.6 Å². The lowest BCUT2D eigenvalue weighted by molar-refractivity contribution is 0.561. The summed E-state index contributed by atoms with van der Waals surface area (Å²) in [5.74, 6) is 0.660. The van der Waals surface area contributed by atoms with Crippen LogP contribution >= 0.6 is 11.8 Å². The highest BCUT2D eigenvalue weighted by molar-refractivity contribution is 8.13. The Bertz CT molecular complexity index is 490. The first kappa shape index (κ1) is 9.27. The van der Waals surface area contributed by atoms with Gasteiger partial charge in [-0.05, 0) is 24.5 Å². The van der Waals surface area contributed by atoms with Crippen LogP contribution in [0.1, 0.15) is 11.5 Å². The van der Waals surface area contributed by atoms with E-state index < -0.39 is 0 Å². The average molecular weight is 206 g/mol. The van der Waals surface area contributed by atoms with E-state index in [-0.39, 0.29) is 0 Å². The molecule has 1 aromatic carbocycles. The highest BCUT2D eigenvalue weighted by Gasteiger charge is 2.05. The van der Waals surface area contributed by atoms with E-state index in [4.69, 9.17) is 9.83 Å². The van der Waals surface area contributed by atoms with Crippen molar-refractivity contribution in [3.05, 3.63) is 29.7 Å². The minimum Gasteiger partial charge on any atom is -0.441 e. The number of aromatic nitrogens is 1. The van der Waals surface area contributed by atoms with Gasteiger partial charge in [-0.3, -0.25) is 5.41 Å². The van der Waals surface area contributed by atoms with Crippen molar-refractivity contribution in [2.24, 2.45) is 0 Å². The van der Waals surface area contributed by atoms with Crippen LogP contribution in [-0.4, -0.2) is 16.3 Å². The monoisotopic (exact) mass is 206 g/mol. The zero-order valence-corrected chi connectivity index (χ0v) is 8.81. The molecule has 0 unspecified atom stereocenters. The molecule has 0 radical (unpaired) electrons. The van der Waals surface area contributed by atoms with Crippen molar-refractivity contribution in [2.45, 2.75) is 6.92 Å². The first-order valence-electron chi connectivity index (χ1n) is 4.21. The molecule has 0 aliphatic heterocycles. The molecule has 2 rings (SSSR count). The first-order valence-corrected chi connectivity index (χ1v) is 5.43. The van der Waals surface area contributed by atoms with Gasteiger partial charge in [0.05, 0.1) is 5.04 Å². The molecule has 0 bridgehead atoms. The van der Waals surface area contributed by atoms with Crippen LogP contribution in [0.5, 0.6) is 0 Å². The maximum Gasteiger partial charge on any atom is 0.192 e. The van der Waals surface area contributed by atoms with Crippen LogP contribution in [0.3, 0.4) is 0 Å². The number of nitrogens with one attached hydrogen (secondary N) is 1. The molecule has 0 fully saturated rings. The molecule has 1 heterocycles. The van der Waals surface area contributed by atoms with E-state index in [2.05, 4.69) is 4.98 Å². The second-order valence-electron chi connectivity index (χ2n) is 2.95. The third-order valence-electron chi connectivity index (χ3n) is 1.96. The van der Waals surface area contributed by atoms with Crippen LogP contribution in [-0.2, 0) is 0 Å². The Kier molecular flexibility index (Phi) is 2.29. The molecule has 72 valence electrons. The molecule has 0 aliphatic rings. The van der Waals surface area contributed by atoms with Crippen molar-refractivity contribution >= 4 is 27.9 Å². The van der Waals surface area contributed by atoms with E-state index in [9.17, 15) is 0 Å². The maximum atomic E-state index is 7.66. The molecule has 0 atom stereocenters. The minimum atomic E-state index is 0.543. The fourth-order valence-electron chi connectivity index (χ4n) is 1.30. The van der Waals surface area contributed by atoms with E-state index in [1.54, 1.807) is 0 Å². The van der Waals surface area contributed by atoms with E-state index in [0.29, 0.717) is 10.9 Å². The summed E-state index contributed by atoms with van der Waals surface area (Å²) in [5, 5.41) is 8.20. The van der Waals surface area contributed by atoms with E-state index in [0.717, 1.165) is 16.7 Å². The van der Waals surface area contributed by atoms with Gasteiger partial charge in [-0.25, -0.2) is 4.98 Å². The molecule has 3 nitrogen and oxygen atoms in total. The summed E-state index contributed by atoms with van der Waals surface area (Å²) in [6.45, 7) is 1.82. The molecule has 4 heteroatoms. The van der Waals surface area contributed by atoms with Gasteiger partial charge < -0.3 is 4.42 Å². The zero-order chi connectivity index (χ0) is 10.1. The van der Waals surface area contributed by atoms with Crippen molar-refractivity contribution in [1.29, 1.82) is 5.41 Å². The number of benzene rings is 1. The number of thioether (sulfide) groups is 1. The Morgan fingerprint density at radius 1 is 1.50 bits per heavy atom. The van der Waals surface area contributed by atoms with Crippen LogP contribution in [0, 0.1) is 12.3 Å². The number of rotatable bonds is 1. The summed E-state index contributed by atoms with van der Waals surface area (Å²) < 4.78 is 5.39. The lowest BCUT2D eigenvalue weighted by Crippen LogP contribution is -1.90. The van der Waals surface area contributed by atoms with Gasteiger partial charge in [-0.1, -0.05) is 0 Å². The van der Waals surface area contributed by atoms with Crippen molar-refractivity contribution in [3.8, 4) is 0 Å². The highest BCUT2D eigenvalue weighted by atomic mass is 32.2. The van der Waals surface area contributed by atoms with Gasteiger partial charge in [-0.2, -0.15) is 0 Å².